The Kier molecular flexibility index (Phi) is 6.86. The van der Waals surface area contributed by atoms with E-state index in [0.29, 0.717) is 24.7 Å². The third kappa shape index (κ3) is 5.22. The highest BCUT2D eigenvalue weighted by Crippen LogP contribution is 2.42. The van der Waals surface area contributed by atoms with Crippen molar-refractivity contribution in [3.63, 3.8) is 0 Å². The Bertz CT molecular complexity index is 1640. The maximum absolute atomic E-state index is 13.3. The quantitative estimate of drug-likeness (QED) is 0.354. The molecule has 2 fully saturated rings. The number of hydrogen-bond donors (Lipinski definition) is 1. The van der Waals surface area contributed by atoms with Crippen LogP contribution in [-0.2, 0) is 11.3 Å². The molecule has 2 saturated heterocycles. The van der Waals surface area contributed by atoms with Gasteiger partial charge in [0.2, 0.25) is 5.91 Å². The molecule has 41 heavy (non-hydrogen) atoms. The third-order valence-electron chi connectivity index (χ3n) is 7.74. The number of aromatic nitrogens is 5. The van der Waals surface area contributed by atoms with Crippen LogP contribution in [0.1, 0.15) is 17.3 Å². The Labute approximate surface area is 238 Å². The molecule has 0 aliphatic carbocycles. The Hall–Kier alpha value is -4.10. The van der Waals surface area contributed by atoms with E-state index in [1.54, 1.807) is 12.3 Å². The smallest absolute Gasteiger partial charge is 0.387 e. The molecule has 2 aliphatic heterocycles. The van der Waals surface area contributed by atoms with E-state index in [-0.39, 0.29) is 51.1 Å². The van der Waals surface area contributed by atoms with Gasteiger partial charge in [0, 0.05) is 60.8 Å². The predicted molar refractivity (Wildman–Crippen MR) is 146 cm³/mol. The van der Waals surface area contributed by atoms with Gasteiger partial charge in [0.05, 0.1) is 11.9 Å². The molecule has 6 rings (SSSR count). The molecular formula is C27H27ClF2N8O3. The summed E-state index contributed by atoms with van der Waals surface area (Å²) in [6.07, 6.45) is 6.05. The summed E-state index contributed by atoms with van der Waals surface area (Å²) < 4.78 is 34.0. The van der Waals surface area contributed by atoms with Crippen LogP contribution in [0.3, 0.4) is 0 Å². The highest BCUT2D eigenvalue weighted by atomic mass is 35.5. The van der Waals surface area contributed by atoms with Crippen molar-refractivity contribution in [1.29, 1.82) is 0 Å². The van der Waals surface area contributed by atoms with Gasteiger partial charge in [-0.2, -0.15) is 19.0 Å². The van der Waals surface area contributed by atoms with Crippen molar-refractivity contribution in [2.24, 2.45) is 11.3 Å². The number of nitrogens with one attached hydrogen (secondary N) is 1. The lowest BCUT2D eigenvalue weighted by Crippen LogP contribution is -2.36. The molecule has 14 heteroatoms. The number of likely N-dealkylation sites (tertiary alicyclic amines) is 2. The molecule has 2 atom stereocenters. The monoisotopic (exact) mass is 584 g/mol. The largest absolute Gasteiger partial charge is 0.434 e. The molecule has 0 saturated carbocycles. The van der Waals surface area contributed by atoms with E-state index in [1.165, 1.54) is 46.0 Å². The highest BCUT2D eigenvalue weighted by Gasteiger charge is 2.49. The number of benzene rings is 1. The number of amides is 2. The minimum Gasteiger partial charge on any atom is -0.434 e. The number of fused-ring (bicyclic) bond motifs is 2. The molecule has 4 aromatic rings. The summed E-state index contributed by atoms with van der Waals surface area (Å²) in [7, 11) is 2.09. The Balaban J connectivity index is 1.32. The number of nitrogens with zero attached hydrogens (tertiary/aromatic N) is 7. The molecule has 5 heterocycles. The molecule has 1 aromatic carbocycles. The van der Waals surface area contributed by atoms with Gasteiger partial charge in [-0.25, -0.2) is 9.50 Å². The van der Waals surface area contributed by atoms with Gasteiger partial charge in [0.1, 0.15) is 23.6 Å². The van der Waals surface area contributed by atoms with Crippen LogP contribution >= 0.6 is 11.6 Å². The number of anilines is 1. The second-order valence-electron chi connectivity index (χ2n) is 10.8. The molecule has 3 aromatic heterocycles. The molecule has 214 valence electrons. The topological polar surface area (TPSA) is 110 Å². The first-order valence-electron chi connectivity index (χ1n) is 13.0. The number of halogens is 3. The van der Waals surface area contributed by atoms with Gasteiger partial charge in [-0.1, -0.05) is 18.5 Å². The first-order chi connectivity index (χ1) is 19.6. The SMILES string of the molecule is CN1C[C@H]2CN(C(=O)Cn3cc(NC(=O)c4cnn5cccnc45)c(-c4cc(Cl)ccc4OC(F)F)n3)C[C@@]2(C)C1. The number of rotatable bonds is 7. The average Bonchev–Trinajstić information content (AvgIpc) is 3.65. The van der Waals surface area contributed by atoms with E-state index in [1.807, 2.05) is 4.90 Å². The van der Waals surface area contributed by atoms with E-state index < -0.39 is 12.5 Å². The molecule has 0 bridgehead atoms. The van der Waals surface area contributed by atoms with E-state index in [0.717, 1.165) is 13.1 Å². The van der Waals surface area contributed by atoms with E-state index >= 15 is 0 Å². The van der Waals surface area contributed by atoms with Gasteiger partial charge in [0.15, 0.2) is 5.65 Å². The summed E-state index contributed by atoms with van der Waals surface area (Å²) in [6.45, 7) is 2.14. The first-order valence-corrected chi connectivity index (χ1v) is 13.4. The van der Waals surface area contributed by atoms with Crippen LogP contribution in [0, 0.1) is 11.3 Å². The van der Waals surface area contributed by atoms with Crippen molar-refractivity contribution in [1.82, 2.24) is 34.2 Å². The third-order valence-corrected chi connectivity index (χ3v) is 7.97. The Morgan fingerprint density at radius 1 is 1.27 bits per heavy atom. The summed E-state index contributed by atoms with van der Waals surface area (Å²) in [4.78, 5) is 35.0. The van der Waals surface area contributed by atoms with Gasteiger partial charge >= 0.3 is 6.61 Å². The van der Waals surface area contributed by atoms with Crippen LogP contribution in [0.5, 0.6) is 5.75 Å². The van der Waals surface area contributed by atoms with Crippen molar-refractivity contribution >= 4 is 34.7 Å². The maximum Gasteiger partial charge on any atom is 0.387 e. The number of carbonyl (C=O) groups is 2. The Morgan fingerprint density at radius 3 is 2.88 bits per heavy atom. The first kappa shape index (κ1) is 27.1. The predicted octanol–water partition coefficient (Wildman–Crippen LogP) is 3.51. The Morgan fingerprint density at radius 2 is 2.10 bits per heavy atom. The second-order valence-corrected chi connectivity index (χ2v) is 11.3. The maximum atomic E-state index is 13.3. The van der Waals surface area contributed by atoms with Crippen LogP contribution in [-0.4, -0.2) is 85.8 Å². The zero-order valence-electron chi connectivity index (χ0n) is 22.3. The van der Waals surface area contributed by atoms with Gasteiger partial charge in [-0.15, -0.1) is 0 Å². The summed E-state index contributed by atoms with van der Waals surface area (Å²) in [5.41, 5.74) is 0.967. The van der Waals surface area contributed by atoms with E-state index in [9.17, 15) is 18.4 Å². The van der Waals surface area contributed by atoms with Crippen molar-refractivity contribution in [2.45, 2.75) is 20.1 Å². The molecule has 0 spiro atoms. The normalized spacial score (nSPS) is 20.6. The summed E-state index contributed by atoms with van der Waals surface area (Å²) in [6, 6.07) is 5.81. The fourth-order valence-electron chi connectivity index (χ4n) is 5.92. The molecule has 11 nitrogen and oxygen atoms in total. The molecule has 0 unspecified atom stereocenters. The molecule has 2 amide bonds. The molecular weight excluding hydrogens is 558 g/mol. The van der Waals surface area contributed by atoms with Crippen molar-refractivity contribution < 1.29 is 23.1 Å². The van der Waals surface area contributed by atoms with Gasteiger partial charge in [-0.05, 0) is 37.2 Å². The van der Waals surface area contributed by atoms with Crippen LogP contribution in [0.4, 0.5) is 14.5 Å². The van der Waals surface area contributed by atoms with Crippen molar-refractivity contribution in [3.05, 3.63) is 59.6 Å². The van der Waals surface area contributed by atoms with Crippen LogP contribution < -0.4 is 10.1 Å². The lowest BCUT2D eigenvalue weighted by atomic mass is 9.83. The van der Waals surface area contributed by atoms with E-state index in [2.05, 4.69) is 39.4 Å². The fraction of sp³-hybridized carbons (Fsp3) is 0.370. The van der Waals surface area contributed by atoms with Crippen molar-refractivity contribution in [3.8, 4) is 17.0 Å². The lowest BCUT2D eigenvalue weighted by molar-refractivity contribution is -0.131. The minimum atomic E-state index is -3.10. The van der Waals surface area contributed by atoms with Gasteiger partial charge < -0.3 is 19.9 Å². The fourth-order valence-corrected chi connectivity index (χ4v) is 6.09. The summed E-state index contributed by atoms with van der Waals surface area (Å²) in [5.74, 6) is -0.469. The van der Waals surface area contributed by atoms with Crippen molar-refractivity contribution in [2.75, 3.05) is 38.5 Å². The van der Waals surface area contributed by atoms with Gasteiger partial charge in [0.25, 0.3) is 5.91 Å². The number of hydrogen-bond acceptors (Lipinski definition) is 7. The van der Waals surface area contributed by atoms with E-state index in [4.69, 9.17) is 16.3 Å². The van der Waals surface area contributed by atoms with Crippen LogP contribution in [0.15, 0.2) is 49.1 Å². The standard InChI is InChI=1S/C27H27ClF2N8O3/c1-27-14-35(2)10-16(27)11-36(15-27)22(39)13-37-12-20(33-25(40)19-9-32-38-7-3-6-31-24(19)38)23(34-37)18-8-17(28)4-5-21(18)41-26(29)30/h3-9,12,16,26H,10-11,13-15H2,1-2H3,(H,33,40)/t16-,27+/m0/s1. The number of carbonyl (C=O) groups excluding carboxylic acids is 2. The number of ether oxygens (including phenoxy) is 1. The van der Waals surface area contributed by atoms with Gasteiger partial charge in [-0.3, -0.25) is 14.3 Å². The lowest BCUT2D eigenvalue weighted by Gasteiger charge is -2.24. The van der Waals surface area contributed by atoms with Crippen LogP contribution in [0.25, 0.3) is 16.9 Å². The average molecular weight is 585 g/mol. The molecule has 2 aliphatic rings. The highest BCUT2D eigenvalue weighted by molar-refractivity contribution is 6.31. The molecule has 0 radical (unpaired) electrons. The molecule has 1 N–H and O–H groups in total. The summed E-state index contributed by atoms with van der Waals surface area (Å²) in [5, 5.41) is 11.7. The summed E-state index contributed by atoms with van der Waals surface area (Å²) >= 11 is 6.21. The number of alkyl halides is 2. The minimum absolute atomic E-state index is 0.0313. The van der Waals surface area contributed by atoms with Crippen LogP contribution in [0.2, 0.25) is 5.02 Å². The second kappa shape index (κ2) is 10.4. The zero-order chi connectivity index (χ0) is 28.9. The zero-order valence-corrected chi connectivity index (χ0v) is 23.1.